The molecule has 1 aromatic heterocycles. The molecule has 4 saturated carbocycles. The van der Waals surface area contributed by atoms with E-state index in [4.69, 9.17) is 4.74 Å². The average molecular weight is 419 g/mol. The van der Waals surface area contributed by atoms with Crippen LogP contribution in [0.2, 0.25) is 0 Å². The predicted molar refractivity (Wildman–Crippen MR) is 110 cm³/mol. The number of esters is 1. The Bertz CT molecular complexity index is 726. The van der Waals surface area contributed by atoms with Gasteiger partial charge in [0.2, 0.25) is 0 Å². The second-order valence-corrected chi connectivity index (χ2v) is 10.2. The maximum Gasteiger partial charge on any atom is 0.321 e. The van der Waals surface area contributed by atoms with Crippen molar-refractivity contribution in [1.82, 2.24) is 10.6 Å². The molecule has 4 fully saturated rings. The number of hydrogen-bond donors (Lipinski definition) is 2. The van der Waals surface area contributed by atoms with Crippen LogP contribution in [0.1, 0.15) is 63.2 Å². The number of nitrogens with one attached hydrogen (secondary N) is 2. The molecule has 5 rings (SSSR count). The number of rotatable bonds is 7. The van der Waals surface area contributed by atoms with Gasteiger partial charge in [0.1, 0.15) is 0 Å². The van der Waals surface area contributed by atoms with E-state index in [1.165, 1.54) is 31.1 Å². The highest BCUT2D eigenvalue weighted by Crippen LogP contribution is 2.55. The summed E-state index contributed by atoms with van der Waals surface area (Å²) in [5.74, 6) is 1.16. The Hall–Kier alpha value is -1.89. The van der Waals surface area contributed by atoms with Crippen LogP contribution >= 0.6 is 11.3 Å². The van der Waals surface area contributed by atoms with Gasteiger partial charge in [-0.3, -0.25) is 14.9 Å². The Morgan fingerprint density at radius 2 is 1.83 bits per heavy atom. The molecule has 1 aromatic rings. The second kappa shape index (κ2) is 8.46. The van der Waals surface area contributed by atoms with E-state index >= 15 is 0 Å². The molecule has 4 aliphatic rings. The number of amides is 3. The molecule has 4 aliphatic carbocycles. The summed E-state index contributed by atoms with van der Waals surface area (Å²) in [5, 5.41) is 7.49. The smallest absolute Gasteiger partial charge is 0.321 e. The van der Waals surface area contributed by atoms with E-state index in [0.29, 0.717) is 24.2 Å². The molecular weight excluding hydrogens is 388 g/mol. The molecule has 1 heterocycles. The molecule has 0 unspecified atom stereocenters. The Labute approximate surface area is 175 Å². The minimum atomic E-state index is -0.980. The SMILES string of the molecule is C[C@H](OC(=O)CCCc1cccs1)C(=O)NC(=O)NC12CC3CC(CC(C3)C1)C2. The molecule has 158 valence electrons. The number of carbonyl (C=O) groups excluding carboxylic acids is 3. The summed E-state index contributed by atoms with van der Waals surface area (Å²) in [6, 6.07) is 3.56. The van der Waals surface area contributed by atoms with Crippen LogP contribution in [0.25, 0.3) is 0 Å². The lowest BCUT2D eigenvalue weighted by Gasteiger charge is -2.56. The molecule has 4 bridgehead atoms. The largest absolute Gasteiger partial charge is 0.453 e. The first kappa shape index (κ1) is 20.4. The summed E-state index contributed by atoms with van der Waals surface area (Å²) < 4.78 is 5.20. The van der Waals surface area contributed by atoms with Gasteiger partial charge in [-0.1, -0.05) is 6.07 Å². The van der Waals surface area contributed by atoms with Crippen molar-refractivity contribution in [2.45, 2.75) is 76.4 Å². The molecule has 1 atom stereocenters. The lowest BCUT2D eigenvalue weighted by Crippen LogP contribution is -2.62. The molecule has 0 spiro atoms. The summed E-state index contributed by atoms with van der Waals surface area (Å²) in [4.78, 5) is 37.9. The van der Waals surface area contributed by atoms with E-state index in [2.05, 4.69) is 10.6 Å². The average Bonchev–Trinajstić information content (AvgIpc) is 3.13. The lowest BCUT2D eigenvalue weighted by molar-refractivity contribution is -0.154. The van der Waals surface area contributed by atoms with Crippen LogP contribution in [-0.4, -0.2) is 29.6 Å². The quantitative estimate of drug-likeness (QED) is 0.660. The first-order valence-corrected chi connectivity index (χ1v) is 11.6. The molecule has 0 aromatic carbocycles. The number of urea groups is 1. The van der Waals surface area contributed by atoms with Crippen LogP contribution in [0, 0.1) is 17.8 Å². The summed E-state index contributed by atoms with van der Waals surface area (Å²) in [6.07, 6.45) is 7.73. The van der Waals surface area contributed by atoms with Crippen LogP contribution in [0.4, 0.5) is 4.79 Å². The fourth-order valence-corrected chi connectivity index (χ4v) is 6.67. The molecule has 0 saturated heterocycles. The Kier molecular flexibility index (Phi) is 5.95. The van der Waals surface area contributed by atoms with Gasteiger partial charge in [-0.15, -0.1) is 11.3 Å². The maximum atomic E-state index is 12.4. The number of imide groups is 1. The standard InChI is InChI=1S/C22H30N2O4S/c1-14(28-19(25)6-2-4-18-5-3-7-29-18)20(26)23-21(27)24-22-11-15-8-16(12-22)10-17(9-15)13-22/h3,5,7,14-17H,2,4,6,8-13H2,1H3,(H2,23,24,26,27)/t14-,15?,16?,17?,22?/m0/s1. The summed E-state index contributed by atoms with van der Waals surface area (Å²) in [5.41, 5.74) is -0.152. The van der Waals surface area contributed by atoms with Crippen LogP contribution in [0.15, 0.2) is 17.5 Å². The van der Waals surface area contributed by atoms with Crippen molar-refractivity contribution in [2.75, 3.05) is 0 Å². The fourth-order valence-electron chi connectivity index (χ4n) is 5.92. The van der Waals surface area contributed by atoms with E-state index in [1.807, 2.05) is 17.5 Å². The van der Waals surface area contributed by atoms with Crippen LogP contribution in [-0.2, 0) is 20.7 Å². The molecule has 0 aliphatic heterocycles. The molecule has 29 heavy (non-hydrogen) atoms. The van der Waals surface area contributed by atoms with Crippen molar-refractivity contribution in [1.29, 1.82) is 0 Å². The van der Waals surface area contributed by atoms with Crippen molar-refractivity contribution in [2.24, 2.45) is 17.8 Å². The van der Waals surface area contributed by atoms with Crippen molar-refractivity contribution in [3.8, 4) is 0 Å². The number of ether oxygens (including phenoxy) is 1. The molecular formula is C22H30N2O4S. The Morgan fingerprint density at radius 1 is 1.17 bits per heavy atom. The lowest BCUT2D eigenvalue weighted by atomic mass is 9.53. The first-order chi connectivity index (χ1) is 13.9. The third kappa shape index (κ3) is 5.00. The molecule has 6 nitrogen and oxygen atoms in total. The minimum absolute atomic E-state index is 0.152. The van der Waals surface area contributed by atoms with Crippen LogP contribution in [0.5, 0.6) is 0 Å². The maximum absolute atomic E-state index is 12.4. The van der Waals surface area contributed by atoms with E-state index in [1.54, 1.807) is 11.3 Å². The third-order valence-corrected chi connectivity index (χ3v) is 7.65. The fraction of sp³-hybridized carbons (Fsp3) is 0.682. The third-order valence-electron chi connectivity index (χ3n) is 6.72. The van der Waals surface area contributed by atoms with Gasteiger partial charge in [0.05, 0.1) is 0 Å². The van der Waals surface area contributed by atoms with E-state index in [9.17, 15) is 14.4 Å². The van der Waals surface area contributed by atoms with Gasteiger partial charge in [-0.05, 0) is 87.5 Å². The monoisotopic (exact) mass is 418 g/mol. The summed E-state index contributed by atoms with van der Waals surface area (Å²) in [7, 11) is 0. The Morgan fingerprint density at radius 3 is 2.41 bits per heavy atom. The van der Waals surface area contributed by atoms with Gasteiger partial charge in [0.15, 0.2) is 6.10 Å². The van der Waals surface area contributed by atoms with Gasteiger partial charge >= 0.3 is 12.0 Å². The summed E-state index contributed by atoms with van der Waals surface area (Å²) >= 11 is 1.66. The highest BCUT2D eigenvalue weighted by atomic mass is 32.1. The number of hydrogen-bond acceptors (Lipinski definition) is 5. The van der Waals surface area contributed by atoms with Gasteiger partial charge in [-0.2, -0.15) is 0 Å². The second-order valence-electron chi connectivity index (χ2n) is 9.21. The first-order valence-electron chi connectivity index (χ1n) is 10.8. The molecule has 7 heteroatoms. The van der Waals surface area contributed by atoms with Crippen molar-refractivity contribution in [3.05, 3.63) is 22.4 Å². The van der Waals surface area contributed by atoms with E-state index in [-0.39, 0.29) is 12.0 Å². The highest BCUT2D eigenvalue weighted by Gasteiger charge is 2.51. The Balaban J connectivity index is 1.19. The zero-order valence-corrected chi connectivity index (χ0v) is 17.8. The number of aryl methyl sites for hydroxylation is 1. The van der Waals surface area contributed by atoms with Crippen molar-refractivity contribution >= 4 is 29.2 Å². The zero-order chi connectivity index (χ0) is 20.4. The summed E-state index contributed by atoms with van der Waals surface area (Å²) in [6.45, 7) is 1.50. The number of carbonyl (C=O) groups is 3. The van der Waals surface area contributed by atoms with Crippen LogP contribution in [0.3, 0.4) is 0 Å². The molecule has 0 radical (unpaired) electrons. The predicted octanol–water partition coefficient (Wildman–Crippen LogP) is 3.80. The molecule has 2 N–H and O–H groups in total. The minimum Gasteiger partial charge on any atom is -0.453 e. The van der Waals surface area contributed by atoms with Crippen LogP contribution < -0.4 is 10.6 Å². The topological polar surface area (TPSA) is 84.5 Å². The number of thiophene rings is 1. The van der Waals surface area contributed by atoms with E-state index in [0.717, 1.165) is 25.7 Å². The van der Waals surface area contributed by atoms with Crippen molar-refractivity contribution in [3.63, 3.8) is 0 Å². The van der Waals surface area contributed by atoms with Crippen molar-refractivity contribution < 1.29 is 19.1 Å². The van der Waals surface area contributed by atoms with Gasteiger partial charge in [0.25, 0.3) is 5.91 Å². The van der Waals surface area contributed by atoms with Gasteiger partial charge in [0, 0.05) is 16.8 Å². The highest BCUT2D eigenvalue weighted by molar-refractivity contribution is 7.09. The van der Waals surface area contributed by atoms with Gasteiger partial charge < -0.3 is 10.1 Å². The molecule has 3 amide bonds. The zero-order valence-electron chi connectivity index (χ0n) is 16.9. The van der Waals surface area contributed by atoms with Gasteiger partial charge in [-0.25, -0.2) is 4.79 Å². The van der Waals surface area contributed by atoms with E-state index < -0.39 is 24.0 Å². The normalized spacial score (nSPS) is 30.6.